The van der Waals surface area contributed by atoms with Gasteiger partial charge < -0.3 is 28.6 Å². The molecule has 0 radical (unpaired) electrons. The quantitative estimate of drug-likeness (QED) is 0.0209. The minimum absolute atomic E-state index is 0.0118. The first kappa shape index (κ1) is 50.5. The van der Waals surface area contributed by atoms with Crippen LogP contribution in [0.15, 0.2) is 85.1 Å². The van der Waals surface area contributed by atoms with E-state index >= 15 is 0 Å². The molecule has 8 nitrogen and oxygen atoms in total. The van der Waals surface area contributed by atoms with Gasteiger partial charge in [0.25, 0.3) is 0 Å². The number of carbonyl (C=O) groups excluding carboxylic acids is 3. The molecule has 2 atom stereocenters. The third-order valence-corrected chi connectivity index (χ3v) is 8.61. The lowest BCUT2D eigenvalue weighted by Crippen LogP contribution is -2.55. The first-order valence-electron chi connectivity index (χ1n) is 20.7. The highest BCUT2D eigenvalue weighted by molar-refractivity contribution is 5.70. The molecule has 54 heavy (non-hydrogen) atoms. The highest BCUT2D eigenvalue weighted by Gasteiger charge is 2.25. The van der Waals surface area contributed by atoms with Crippen LogP contribution in [-0.2, 0) is 28.6 Å². The summed E-state index contributed by atoms with van der Waals surface area (Å²) in [7, 11) is 5.37. The number of rotatable bonds is 35. The molecule has 0 saturated carbocycles. The summed E-state index contributed by atoms with van der Waals surface area (Å²) < 4.78 is 17.0. The smallest absolute Gasteiger partial charge is 0.306 e. The van der Waals surface area contributed by atoms with Gasteiger partial charge in [-0.15, -0.1) is 0 Å². The molecule has 0 spiro atoms. The molecule has 0 N–H and O–H groups in total. The van der Waals surface area contributed by atoms with E-state index in [1.165, 1.54) is 19.3 Å². The SMILES string of the molecule is CC/C=C/C/C=C/C/C=C/CCCCC(=O)OC(COCCC(C(=O)[O-])[N+](C)(C)C)COC(=O)CCCCCCC/C=C/C=C/C=C/C=C/CCCCC. The lowest BCUT2D eigenvalue weighted by atomic mass is 10.1. The van der Waals surface area contributed by atoms with E-state index in [0.717, 1.165) is 77.0 Å². The van der Waals surface area contributed by atoms with Gasteiger partial charge in [0.05, 0.1) is 40.3 Å². The molecule has 8 heteroatoms. The van der Waals surface area contributed by atoms with Crippen LogP contribution in [0.3, 0.4) is 0 Å². The molecule has 0 aliphatic rings. The minimum atomic E-state index is -1.14. The normalized spacial score (nSPS) is 13.9. The van der Waals surface area contributed by atoms with Gasteiger partial charge in [-0.3, -0.25) is 9.59 Å². The number of aliphatic carboxylic acids is 1. The summed E-state index contributed by atoms with van der Waals surface area (Å²) in [5.74, 6) is -1.83. The van der Waals surface area contributed by atoms with E-state index in [0.29, 0.717) is 12.8 Å². The zero-order chi connectivity index (χ0) is 40.0. The van der Waals surface area contributed by atoms with E-state index in [2.05, 4.69) is 86.8 Å². The lowest BCUT2D eigenvalue weighted by molar-refractivity contribution is -0.889. The van der Waals surface area contributed by atoms with Crippen LogP contribution in [0.1, 0.15) is 136 Å². The van der Waals surface area contributed by atoms with Crippen molar-refractivity contribution in [3.05, 3.63) is 85.1 Å². The average Bonchev–Trinajstić information content (AvgIpc) is 3.12. The number of allylic oxidation sites excluding steroid dienone is 14. The maximum absolute atomic E-state index is 12.6. The molecule has 306 valence electrons. The van der Waals surface area contributed by atoms with Crippen LogP contribution in [0.5, 0.6) is 0 Å². The Labute approximate surface area is 329 Å². The van der Waals surface area contributed by atoms with Gasteiger partial charge in [-0.05, 0) is 70.6 Å². The van der Waals surface area contributed by atoms with Crippen molar-refractivity contribution in [3.8, 4) is 0 Å². The van der Waals surface area contributed by atoms with E-state index in [9.17, 15) is 19.5 Å². The summed E-state index contributed by atoms with van der Waals surface area (Å²) in [6, 6.07) is -0.740. The molecule has 0 aliphatic carbocycles. The molecule has 0 rings (SSSR count). The van der Waals surface area contributed by atoms with E-state index in [1.54, 1.807) is 21.1 Å². The standard InChI is InChI=1S/C46H75NO7/c1-6-8-10-12-14-16-18-20-21-22-23-24-25-27-28-30-32-34-36-44(48)53-41-42(40-52-39-38-43(46(50)51)47(3,4)5)54-45(49)37-35-33-31-29-26-19-17-15-13-11-9-7-2/h9,11,14-18,20-24,26,29,42-43H,6-8,10,12-13,19,25,27-28,30-41H2,1-5H3/b11-9+,16-14+,17-15+,20-18+,22-21+,24-23+,29-26+. The van der Waals surface area contributed by atoms with E-state index < -0.39 is 18.1 Å². The summed E-state index contributed by atoms with van der Waals surface area (Å²) in [4.78, 5) is 36.7. The summed E-state index contributed by atoms with van der Waals surface area (Å²) in [5, 5.41) is 11.6. The van der Waals surface area contributed by atoms with Gasteiger partial charge in [0.2, 0.25) is 0 Å². The highest BCUT2D eigenvalue weighted by atomic mass is 16.6. The molecule has 0 saturated heterocycles. The fourth-order valence-electron chi connectivity index (χ4n) is 5.39. The predicted octanol–water partition coefficient (Wildman–Crippen LogP) is 9.63. The Morgan fingerprint density at radius 3 is 1.74 bits per heavy atom. The van der Waals surface area contributed by atoms with E-state index in [1.807, 2.05) is 12.2 Å². The van der Waals surface area contributed by atoms with Crippen molar-refractivity contribution in [2.75, 3.05) is 41.0 Å². The maximum atomic E-state index is 12.6. The number of hydrogen-bond acceptors (Lipinski definition) is 7. The number of quaternary nitrogens is 1. The molecule has 2 unspecified atom stereocenters. The number of carboxylic acids is 1. The van der Waals surface area contributed by atoms with Crippen molar-refractivity contribution in [3.63, 3.8) is 0 Å². The molecular weight excluding hydrogens is 679 g/mol. The van der Waals surface area contributed by atoms with Crippen LogP contribution < -0.4 is 5.11 Å². The number of likely N-dealkylation sites (N-methyl/N-ethyl adjacent to an activating group) is 1. The molecule has 0 aliphatic heterocycles. The fourth-order valence-corrected chi connectivity index (χ4v) is 5.39. The van der Waals surface area contributed by atoms with Crippen LogP contribution in [0.2, 0.25) is 0 Å². The summed E-state index contributed by atoms with van der Waals surface area (Å²) in [5.41, 5.74) is 0. The molecule has 0 aromatic rings. The Hall–Kier alpha value is -3.49. The molecular formula is C46H75NO7. The second kappa shape index (κ2) is 36.5. The molecule has 0 fully saturated rings. The Morgan fingerprint density at radius 2 is 1.11 bits per heavy atom. The lowest BCUT2D eigenvalue weighted by Gasteiger charge is -2.34. The van der Waals surface area contributed by atoms with Gasteiger partial charge in [0.1, 0.15) is 12.6 Å². The van der Waals surface area contributed by atoms with Gasteiger partial charge in [0, 0.05) is 19.3 Å². The number of esters is 2. The third kappa shape index (κ3) is 34.3. The Bertz CT molecular complexity index is 1160. The first-order chi connectivity index (χ1) is 26.1. The zero-order valence-electron chi connectivity index (χ0n) is 34.6. The zero-order valence-corrected chi connectivity index (χ0v) is 34.6. The van der Waals surface area contributed by atoms with Crippen molar-refractivity contribution in [2.45, 2.75) is 148 Å². The second-order valence-corrected chi connectivity index (χ2v) is 14.6. The topological polar surface area (TPSA) is 102 Å². The average molecular weight is 754 g/mol. The monoisotopic (exact) mass is 754 g/mol. The molecule has 0 aromatic heterocycles. The number of unbranched alkanes of at least 4 members (excludes halogenated alkanes) is 10. The maximum Gasteiger partial charge on any atom is 0.306 e. The van der Waals surface area contributed by atoms with Crippen LogP contribution in [0.4, 0.5) is 0 Å². The number of ether oxygens (including phenoxy) is 3. The van der Waals surface area contributed by atoms with Gasteiger partial charge in [-0.25, -0.2) is 0 Å². The molecule has 0 bridgehead atoms. The fraction of sp³-hybridized carbons (Fsp3) is 0.630. The molecule has 0 aromatic carbocycles. The van der Waals surface area contributed by atoms with Gasteiger partial charge >= 0.3 is 11.9 Å². The molecule has 0 amide bonds. The number of nitrogens with zero attached hydrogens (tertiary/aromatic N) is 1. The molecule has 0 heterocycles. The number of carboxylic acid groups (broad SMARTS) is 1. The Balaban J connectivity index is 4.48. The van der Waals surface area contributed by atoms with Gasteiger partial charge in [-0.1, -0.05) is 131 Å². The van der Waals surface area contributed by atoms with Crippen LogP contribution in [-0.4, -0.2) is 75.5 Å². The first-order valence-corrected chi connectivity index (χ1v) is 20.7. The highest BCUT2D eigenvalue weighted by Crippen LogP contribution is 2.11. The third-order valence-electron chi connectivity index (χ3n) is 8.61. The Morgan fingerprint density at radius 1 is 0.593 bits per heavy atom. The predicted molar refractivity (Wildman–Crippen MR) is 222 cm³/mol. The van der Waals surface area contributed by atoms with E-state index in [4.69, 9.17) is 14.2 Å². The van der Waals surface area contributed by atoms with Crippen LogP contribution in [0.25, 0.3) is 0 Å². The summed E-state index contributed by atoms with van der Waals surface area (Å²) in [6.07, 6.45) is 46.1. The second-order valence-electron chi connectivity index (χ2n) is 14.6. The van der Waals surface area contributed by atoms with Crippen molar-refractivity contribution < 1.29 is 38.2 Å². The van der Waals surface area contributed by atoms with Crippen LogP contribution in [0, 0.1) is 0 Å². The van der Waals surface area contributed by atoms with Crippen molar-refractivity contribution in [2.24, 2.45) is 0 Å². The van der Waals surface area contributed by atoms with Crippen molar-refractivity contribution in [1.82, 2.24) is 0 Å². The van der Waals surface area contributed by atoms with Gasteiger partial charge in [-0.2, -0.15) is 0 Å². The van der Waals surface area contributed by atoms with Crippen LogP contribution >= 0.6 is 0 Å². The summed E-state index contributed by atoms with van der Waals surface area (Å²) >= 11 is 0. The largest absolute Gasteiger partial charge is 0.544 e. The summed E-state index contributed by atoms with van der Waals surface area (Å²) in [6.45, 7) is 4.41. The van der Waals surface area contributed by atoms with Crippen molar-refractivity contribution >= 4 is 17.9 Å². The van der Waals surface area contributed by atoms with Crippen molar-refractivity contribution in [1.29, 1.82) is 0 Å². The van der Waals surface area contributed by atoms with E-state index in [-0.39, 0.29) is 49.1 Å². The number of hydrogen-bond donors (Lipinski definition) is 0. The number of carbonyl (C=O) groups is 3. The minimum Gasteiger partial charge on any atom is -0.544 e. The van der Waals surface area contributed by atoms with Gasteiger partial charge in [0.15, 0.2) is 6.10 Å². The Kier molecular flexibility index (Phi) is 34.1.